The fraction of sp³-hybridized carbons (Fsp3) is 0.267. The van der Waals surface area contributed by atoms with Crippen LogP contribution in [0, 0.1) is 0 Å². The van der Waals surface area contributed by atoms with Gasteiger partial charge in [-0.3, -0.25) is 4.79 Å². The third-order valence-electron chi connectivity index (χ3n) is 3.05. The van der Waals surface area contributed by atoms with Gasteiger partial charge in [-0.2, -0.15) is 13.2 Å². The van der Waals surface area contributed by atoms with E-state index in [1.54, 1.807) is 12.1 Å². The number of hydrogen-bond acceptors (Lipinski definition) is 4. The van der Waals surface area contributed by atoms with Crippen molar-refractivity contribution in [1.82, 2.24) is 5.32 Å². The molecule has 0 saturated heterocycles. The summed E-state index contributed by atoms with van der Waals surface area (Å²) in [4.78, 5) is 12.2. The van der Waals surface area contributed by atoms with E-state index in [1.165, 1.54) is 12.1 Å². The first-order valence-electron chi connectivity index (χ1n) is 6.88. The highest BCUT2D eigenvalue weighted by atomic mass is 35.5. The second kappa shape index (κ2) is 7.87. The summed E-state index contributed by atoms with van der Waals surface area (Å²) in [5.41, 5.74) is -0.297. The van der Waals surface area contributed by atoms with Gasteiger partial charge in [0.25, 0.3) is 5.91 Å². The Morgan fingerprint density at radius 2 is 1.83 bits per heavy atom. The van der Waals surface area contributed by atoms with Crippen LogP contribution in [0.1, 0.15) is 15.2 Å². The van der Waals surface area contributed by atoms with E-state index in [-0.39, 0.29) is 19.0 Å². The van der Waals surface area contributed by atoms with Crippen molar-refractivity contribution in [3.8, 4) is 0 Å². The molecule has 3 N–H and O–H groups in total. The molecule has 1 heterocycles. The Bertz CT molecular complexity index is 689. The predicted octanol–water partition coefficient (Wildman–Crippen LogP) is 3.62. The van der Waals surface area contributed by atoms with Gasteiger partial charge in [0.1, 0.15) is 0 Å². The minimum atomic E-state index is -4.38. The molecule has 0 bridgehead atoms. The summed E-state index contributed by atoms with van der Waals surface area (Å²) in [7, 11) is 0. The monoisotopic (exact) mass is 378 g/mol. The highest BCUT2D eigenvalue weighted by Crippen LogP contribution is 2.29. The minimum absolute atomic E-state index is 0.00197. The molecule has 130 valence electrons. The van der Waals surface area contributed by atoms with Crippen LogP contribution < -0.4 is 10.6 Å². The lowest BCUT2D eigenvalue weighted by Crippen LogP contribution is -2.35. The average Bonchev–Trinajstić information content (AvgIpc) is 2.96. The van der Waals surface area contributed by atoms with Crippen molar-refractivity contribution in [3.63, 3.8) is 0 Å². The highest BCUT2D eigenvalue weighted by Gasteiger charge is 2.29. The number of hydrogen-bond donors (Lipinski definition) is 3. The molecule has 1 aromatic heterocycles. The van der Waals surface area contributed by atoms with Gasteiger partial charge in [0, 0.05) is 18.8 Å². The molecule has 4 nitrogen and oxygen atoms in total. The number of thiophene rings is 1. The van der Waals surface area contributed by atoms with Crippen LogP contribution in [0.2, 0.25) is 4.34 Å². The molecule has 0 aliphatic heterocycles. The van der Waals surface area contributed by atoms with Crippen molar-refractivity contribution in [3.05, 3.63) is 51.2 Å². The topological polar surface area (TPSA) is 61.4 Å². The average molecular weight is 379 g/mol. The van der Waals surface area contributed by atoms with Crippen LogP contribution in [0.3, 0.4) is 0 Å². The van der Waals surface area contributed by atoms with E-state index in [2.05, 4.69) is 10.6 Å². The van der Waals surface area contributed by atoms with Crippen molar-refractivity contribution in [2.75, 3.05) is 18.4 Å². The van der Waals surface area contributed by atoms with Crippen molar-refractivity contribution in [1.29, 1.82) is 0 Å². The normalized spacial score (nSPS) is 12.7. The molecule has 0 radical (unpaired) electrons. The molecular formula is C15H14ClF3N2O2S. The molecule has 0 spiro atoms. The largest absolute Gasteiger partial charge is 0.416 e. The van der Waals surface area contributed by atoms with Gasteiger partial charge in [0.15, 0.2) is 0 Å². The van der Waals surface area contributed by atoms with Crippen LogP contribution in [-0.4, -0.2) is 30.2 Å². The van der Waals surface area contributed by atoms with Crippen LogP contribution >= 0.6 is 22.9 Å². The van der Waals surface area contributed by atoms with Crippen molar-refractivity contribution in [2.45, 2.75) is 12.3 Å². The van der Waals surface area contributed by atoms with Crippen LogP contribution in [0.15, 0.2) is 36.4 Å². The first-order valence-corrected chi connectivity index (χ1v) is 8.08. The Morgan fingerprint density at radius 1 is 1.17 bits per heavy atom. The highest BCUT2D eigenvalue weighted by molar-refractivity contribution is 7.17. The number of aliphatic hydroxyl groups excluding tert-OH is 1. The molecule has 1 atom stereocenters. The molecule has 0 aliphatic rings. The summed E-state index contributed by atoms with van der Waals surface area (Å²) >= 11 is 6.86. The van der Waals surface area contributed by atoms with Crippen LogP contribution in [0.5, 0.6) is 0 Å². The summed E-state index contributed by atoms with van der Waals surface area (Å²) < 4.78 is 37.8. The number of benzene rings is 1. The van der Waals surface area contributed by atoms with Gasteiger partial charge >= 0.3 is 6.18 Å². The second-order valence-corrected chi connectivity index (χ2v) is 6.64. The maximum atomic E-state index is 12.4. The number of carbonyl (C=O) groups excluding carboxylic acids is 1. The van der Waals surface area contributed by atoms with Gasteiger partial charge in [-0.25, -0.2) is 0 Å². The molecule has 2 aromatic rings. The molecule has 1 unspecified atom stereocenters. The maximum Gasteiger partial charge on any atom is 0.416 e. The number of anilines is 1. The van der Waals surface area contributed by atoms with Crippen LogP contribution in [-0.2, 0) is 6.18 Å². The Balaban J connectivity index is 1.76. The SMILES string of the molecule is O=C(NCC(O)CNc1ccc(C(F)(F)F)cc1)c1ccc(Cl)s1. The molecule has 0 aliphatic carbocycles. The third-order valence-corrected chi connectivity index (χ3v) is 4.28. The third kappa shape index (κ3) is 5.40. The van der Waals surface area contributed by atoms with Crippen molar-refractivity contribution < 1.29 is 23.1 Å². The van der Waals surface area contributed by atoms with Gasteiger partial charge in [-0.05, 0) is 36.4 Å². The molecule has 0 saturated carbocycles. The van der Waals surface area contributed by atoms with Gasteiger partial charge < -0.3 is 15.7 Å². The maximum absolute atomic E-state index is 12.4. The lowest BCUT2D eigenvalue weighted by atomic mass is 10.2. The van der Waals surface area contributed by atoms with E-state index in [0.717, 1.165) is 23.5 Å². The lowest BCUT2D eigenvalue weighted by Gasteiger charge is -2.14. The van der Waals surface area contributed by atoms with Gasteiger partial charge in [0.05, 0.1) is 20.9 Å². The van der Waals surface area contributed by atoms with Gasteiger partial charge in [0.2, 0.25) is 0 Å². The van der Waals surface area contributed by atoms with E-state index in [0.29, 0.717) is 14.9 Å². The number of amides is 1. The Hall–Kier alpha value is -1.77. The Kier molecular flexibility index (Phi) is 6.09. The summed E-state index contributed by atoms with van der Waals surface area (Å²) in [5.74, 6) is -0.347. The lowest BCUT2D eigenvalue weighted by molar-refractivity contribution is -0.137. The standard InChI is InChI=1S/C15H14ClF3N2O2S/c16-13-6-5-12(24-13)14(23)21-8-11(22)7-20-10-3-1-9(2-4-10)15(17,18)19/h1-6,11,20,22H,7-8H2,(H,21,23). The number of aliphatic hydroxyl groups is 1. The summed E-state index contributed by atoms with van der Waals surface area (Å²) in [6, 6.07) is 7.65. The molecule has 0 fully saturated rings. The number of carbonyl (C=O) groups is 1. The number of alkyl halides is 3. The molecule has 9 heteroatoms. The zero-order chi connectivity index (χ0) is 17.7. The Labute approximate surface area is 145 Å². The molecule has 1 amide bonds. The molecule has 2 rings (SSSR count). The zero-order valence-electron chi connectivity index (χ0n) is 12.2. The minimum Gasteiger partial charge on any atom is -0.389 e. The van der Waals surface area contributed by atoms with Crippen LogP contribution in [0.25, 0.3) is 0 Å². The fourth-order valence-corrected chi connectivity index (χ4v) is 2.78. The quantitative estimate of drug-likeness (QED) is 0.719. The fourth-order valence-electron chi connectivity index (χ4n) is 1.82. The zero-order valence-corrected chi connectivity index (χ0v) is 13.8. The molecule has 1 aromatic carbocycles. The van der Waals surface area contributed by atoms with Crippen LogP contribution in [0.4, 0.5) is 18.9 Å². The van der Waals surface area contributed by atoms with Gasteiger partial charge in [-0.1, -0.05) is 11.6 Å². The van der Waals surface area contributed by atoms with E-state index in [9.17, 15) is 23.1 Å². The molecule has 24 heavy (non-hydrogen) atoms. The van der Waals surface area contributed by atoms with E-state index in [4.69, 9.17) is 11.6 Å². The van der Waals surface area contributed by atoms with Crippen molar-refractivity contribution >= 4 is 34.5 Å². The predicted molar refractivity (Wildman–Crippen MR) is 87.6 cm³/mol. The van der Waals surface area contributed by atoms with E-state index < -0.39 is 17.8 Å². The Morgan fingerprint density at radius 3 is 2.38 bits per heavy atom. The first-order chi connectivity index (χ1) is 11.3. The number of nitrogens with one attached hydrogen (secondary N) is 2. The number of rotatable bonds is 6. The number of halogens is 4. The van der Waals surface area contributed by atoms with Crippen molar-refractivity contribution in [2.24, 2.45) is 0 Å². The first kappa shape index (κ1) is 18.6. The summed E-state index contributed by atoms with van der Waals surface area (Å²) in [5, 5.41) is 15.2. The smallest absolute Gasteiger partial charge is 0.389 e. The second-order valence-electron chi connectivity index (χ2n) is 4.92. The summed E-state index contributed by atoms with van der Waals surface area (Å²) in [6.07, 6.45) is -5.28. The van der Waals surface area contributed by atoms with Gasteiger partial charge in [-0.15, -0.1) is 11.3 Å². The van der Waals surface area contributed by atoms with E-state index >= 15 is 0 Å². The summed E-state index contributed by atoms with van der Waals surface area (Å²) in [6.45, 7) is 0.0822. The van der Waals surface area contributed by atoms with E-state index in [1.807, 2.05) is 0 Å². The molecular weight excluding hydrogens is 365 g/mol.